The average molecular weight is 290 g/mol. The molecule has 0 aromatic carbocycles. The van der Waals surface area contributed by atoms with Crippen LogP contribution >= 0.6 is 0 Å². The van der Waals surface area contributed by atoms with Crippen LogP contribution in [0.15, 0.2) is 22.8 Å². The Morgan fingerprint density at radius 1 is 1.00 bits per heavy atom. The van der Waals surface area contributed by atoms with Gasteiger partial charge in [0.05, 0.1) is 12.8 Å². The monoisotopic (exact) mass is 290 g/mol. The molecule has 0 N–H and O–H groups in total. The van der Waals surface area contributed by atoms with Gasteiger partial charge < -0.3 is 9.15 Å². The lowest BCUT2D eigenvalue weighted by Gasteiger charge is -2.30. The first-order valence-corrected chi connectivity index (χ1v) is 8.48. The molecule has 4 heterocycles. The Balaban J connectivity index is 1.34. The SMILES string of the molecule is c1coc(CN2CC[C@H]3[C@H]2CCN3CC2CCOCC2)c1. The quantitative estimate of drug-likeness (QED) is 0.851. The molecule has 2 atom stereocenters. The number of hydrogen-bond donors (Lipinski definition) is 0. The highest BCUT2D eigenvalue weighted by atomic mass is 16.5. The van der Waals surface area contributed by atoms with Gasteiger partial charge in [-0.25, -0.2) is 0 Å². The normalized spacial score (nSPS) is 31.8. The van der Waals surface area contributed by atoms with Crippen LogP contribution < -0.4 is 0 Å². The number of fused-ring (bicyclic) bond motifs is 1. The van der Waals surface area contributed by atoms with Crippen molar-refractivity contribution < 1.29 is 9.15 Å². The lowest BCUT2D eigenvalue weighted by Crippen LogP contribution is -2.39. The molecule has 21 heavy (non-hydrogen) atoms. The summed E-state index contributed by atoms with van der Waals surface area (Å²) in [7, 11) is 0. The summed E-state index contributed by atoms with van der Waals surface area (Å²) >= 11 is 0. The molecule has 4 heteroatoms. The van der Waals surface area contributed by atoms with E-state index in [1.165, 1.54) is 45.3 Å². The van der Waals surface area contributed by atoms with Crippen molar-refractivity contribution in [3.8, 4) is 0 Å². The first-order valence-electron chi connectivity index (χ1n) is 8.48. The van der Waals surface area contributed by atoms with Crippen LogP contribution in [0.3, 0.4) is 0 Å². The van der Waals surface area contributed by atoms with Crippen molar-refractivity contribution in [2.75, 3.05) is 32.8 Å². The number of rotatable bonds is 4. The topological polar surface area (TPSA) is 28.9 Å². The lowest BCUT2D eigenvalue weighted by molar-refractivity contribution is 0.0503. The third-order valence-corrected chi connectivity index (χ3v) is 5.58. The summed E-state index contributed by atoms with van der Waals surface area (Å²) in [5, 5.41) is 0. The molecule has 3 aliphatic heterocycles. The van der Waals surface area contributed by atoms with Gasteiger partial charge in [0, 0.05) is 44.9 Å². The Kier molecular flexibility index (Phi) is 4.01. The second kappa shape index (κ2) is 6.11. The first kappa shape index (κ1) is 13.8. The molecule has 0 aliphatic carbocycles. The van der Waals surface area contributed by atoms with Crippen LogP contribution in [0.1, 0.15) is 31.4 Å². The smallest absolute Gasteiger partial charge is 0.117 e. The molecule has 0 radical (unpaired) electrons. The molecule has 1 aromatic rings. The van der Waals surface area contributed by atoms with Gasteiger partial charge in [0.2, 0.25) is 0 Å². The molecule has 1 aromatic heterocycles. The Bertz CT molecular complexity index is 442. The molecule has 0 spiro atoms. The van der Waals surface area contributed by atoms with E-state index in [0.717, 1.165) is 43.5 Å². The van der Waals surface area contributed by atoms with Crippen molar-refractivity contribution in [3.05, 3.63) is 24.2 Å². The highest BCUT2D eigenvalue weighted by Crippen LogP contribution is 2.34. The van der Waals surface area contributed by atoms with Gasteiger partial charge in [-0.15, -0.1) is 0 Å². The molecule has 0 bridgehead atoms. The van der Waals surface area contributed by atoms with Crippen LogP contribution in [-0.2, 0) is 11.3 Å². The maximum absolute atomic E-state index is 5.52. The second-order valence-electron chi connectivity index (χ2n) is 6.81. The number of ether oxygens (including phenoxy) is 1. The van der Waals surface area contributed by atoms with Crippen LogP contribution in [0, 0.1) is 5.92 Å². The highest BCUT2D eigenvalue weighted by molar-refractivity contribution is 5.04. The van der Waals surface area contributed by atoms with Crippen molar-refractivity contribution in [2.45, 2.75) is 44.3 Å². The van der Waals surface area contributed by atoms with E-state index in [1.807, 2.05) is 6.07 Å². The Morgan fingerprint density at radius 2 is 1.76 bits per heavy atom. The van der Waals surface area contributed by atoms with Gasteiger partial charge >= 0.3 is 0 Å². The molecule has 4 nitrogen and oxygen atoms in total. The molecule has 0 unspecified atom stereocenters. The van der Waals surface area contributed by atoms with E-state index in [1.54, 1.807) is 6.26 Å². The van der Waals surface area contributed by atoms with Crippen LogP contribution in [0.2, 0.25) is 0 Å². The minimum Gasteiger partial charge on any atom is -0.468 e. The molecule has 0 amide bonds. The van der Waals surface area contributed by atoms with E-state index in [-0.39, 0.29) is 0 Å². The van der Waals surface area contributed by atoms with E-state index in [9.17, 15) is 0 Å². The first-order chi connectivity index (χ1) is 10.4. The standard InChI is InChI=1S/C17H26N2O2/c1-2-15(21-9-1)13-19-8-4-16-17(19)3-7-18(16)12-14-5-10-20-11-6-14/h1-2,9,14,16-17H,3-8,10-13H2/t16-,17+/m0/s1. The fourth-order valence-electron chi connectivity index (χ4n) is 4.45. The molecular formula is C17H26N2O2. The Morgan fingerprint density at radius 3 is 2.52 bits per heavy atom. The third-order valence-electron chi connectivity index (χ3n) is 5.58. The van der Waals surface area contributed by atoms with Gasteiger partial charge in [-0.2, -0.15) is 0 Å². The lowest BCUT2D eigenvalue weighted by atomic mass is 9.99. The molecule has 3 fully saturated rings. The predicted molar refractivity (Wildman–Crippen MR) is 81.0 cm³/mol. The van der Waals surface area contributed by atoms with Crippen LogP contribution in [0.25, 0.3) is 0 Å². The minimum absolute atomic E-state index is 0.745. The largest absolute Gasteiger partial charge is 0.468 e. The van der Waals surface area contributed by atoms with Gasteiger partial charge in [-0.05, 0) is 43.7 Å². The summed E-state index contributed by atoms with van der Waals surface area (Å²) in [4.78, 5) is 5.40. The molecule has 3 aliphatic rings. The summed E-state index contributed by atoms with van der Waals surface area (Å²) in [6.07, 6.45) is 6.95. The maximum atomic E-state index is 5.52. The Labute approximate surface area is 127 Å². The van der Waals surface area contributed by atoms with E-state index < -0.39 is 0 Å². The molecule has 116 valence electrons. The van der Waals surface area contributed by atoms with Crippen LogP contribution in [-0.4, -0.2) is 54.7 Å². The van der Waals surface area contributed by atoms with Gasteiger partial charge in [0.1, 0.15) is 5.76 Å². The van der Waals surface area contributed by atoms with Crippen molar-refractivity contribution in [1.29, 1.82) is 0 Å². The third kappa shape index (κ3) is 2.89. The fraction of sp³-hybridized carbons (Fsp3) is 0.765. The van der Waals surface area contributed by atoms with E-state index in [2.05, 4.69) is 15.9 Å². The van der Waals surface area contributed by atoms with Crippen molar-refractivity contribution in [3.63, 3.8) is 0 Å². The van der Waals surface area contributed by atoms with E-state index in [4.69, 9.17) is 9.15 Å². The average Bonchev–Trinajstić information content (AvgIpc) is 3.21. The highest BCUT2D eigenvalue weighted by Gasteiger charge is 2.42. The minimum atomic E-state index is 0.745. The zero-order chi connectivity index (χ0) is 14.1. The summed E-state index contributed by atoms with van der Waals surface area (Å²) in [6, 6.07) is 5.62. The van der Waals surface area contributed by atoms with Gasteiger partial charge in [-0.3, -0.25) is 9.80 Å². The summed E-state index contributed by atoms with van der Waals surface area (Å²) in [5.74, 6) is 1.97. The van der Waals surface area contributed by atoms with Crippen molar-refractivity contribution in [1.82, 2.24) is 9.80 Å². The molecule has 0 saturated carbocycles. The van der Waals surface area contributed by atoms with E-state index in [0.29, 0.717) is 0 Å². The zero-order valence-electron chi connectivity index (χ0n) is 12.7. The van der Waals surface area contributed by atoms with Crippen molar-refractivity contribution >= 4 is 0 Å². The summed E-state index contributed by atoms with van der Waals surface area (Å²) < 4.78 is 11.0. The van der Waals surface area contributed by atoms with Crippen molar-refractivity contribution in [2.24, 2.45) is 5.92 Å². The number of hydrogen-bond acceptors (Lipinski definition) is 4. The number of furan rings is 1. The predicted octanol–water partition coefficient (Wildman–Crippen LogP) is 2.35. The van der Waals surface area contributed by atoms with E-state index >= 15 is 0 Å². The number of nitrogens with zero attached hydrogens (tertiary/aromatic N) is 2. The summed E-state index contributed by atoms with van der Waals surface area (Å²) in [5.41, 5.74) is 0. The molecular weight excluding hydrogens is 264 g/mol. The summed E-state index contributed by atoms with van der Waals surface area (Å²) in [6.45, 7) is 6.72. The van der Waals surface area contributed by atoms with Crippen LogP contribution in [0.5, 0.6) is 0 Å². The zero-order valence-corrected chi connectivity index (χ0v) is 12.7. The van der Waals surface area contributed by atoms with Crippen LogP contribution in [0.4, 0.5) is 0 Å². The maximum Gasteiger partial charge on any atom is 0.117 e. The van der Waals surface area contributed by atoms with Gasteiger partial charge in [0.15, 0.2) is 0 Å². The fourth-order valence-corrected chi connectivity index (χ4v) is 4.45. The van der Waals surface area contributed by atoms with Gasteiger partial charge in [-0.1, -0.05) is 0 Å². The number of likely N-dealkylation sites (tertiary alicyclic amines) is 2. The Hall–Kier alpha value is -0.840. The molecule has 3 saturated heterocycles. The van der Waals surface area contributed by atoms with Gasteiger partial charge in [0.25, 0.3) is 0 Å². The second-order valence-corrected chi connectivity index (χ2v) is 6.81. The molecule has 4 rings (SSSR count).